The average Bonchev–Trinajstić information content (AvgIpc) is 2.83. The first-order valence-electron chi connectivity index (χ1n) is 9.06. The Morgan fingerprint density at radius 2 is 1.28 bits per heavy atom. The van der Waals surface area contributed by atoms with Crippen LogP contribution in [0.1, 0.15) is 36.8 Å². The Morgan fingerprint density at radius 3 is 1.72 bits per heavy atom. The number of fused-ring (bicyclic) bond motifs is 2. The largest absolute Gasteiger partial charge is 0.300 e. The molecule has 25 heavy (non-hydrogen) atoms. The van der Waals surface area contributed by atoms with Crippen LogP contribution in [-0.2, 0) is 0 Å². The Kier molecular flexibility index (Phi) is 4.90. The molecule has 2 aliphatic heterocycles. The van der Waals surface area contributed by atoms with Gasteiger partial charge in [-0.1, -0.05) is 53.5 Å². The summed E-state index contributed by atoms with van der Waals surface area (Å²) in [5, 5.41) is 1.55. The van der Waals surface area contributed by atoms with Gasteiger partial charge in [0.1, 0.15) is 0 Å². The lowest BCUT2D eigenvalue weighted by molar-refractivity contribution is 0.152. The highest BCUT2D eigenvalue weighted by molar-refractivity contribution is 6.31. The Balaban J connectivity index is 1.70. The van der Waals surface area contributed by atoms with Crippen molar-refractivity contribution >= 4 is 28.8 Å². The van der Waals surface area contributed by atoms with Crippen LogP contribution in [0.5, 0.6) is 0 Å². The Morgan fingerprint density at radius 1 is 0.840 bits per heavy atom. The SMILES string of the molecule is CN1[C@@H]2CC[C@H]1CC(C=C(c1ccc(Cl)cc1)c1ccc(Cl)cc1)C2. The van der Waals surface area contributed by atoms with Crippen molar-refractivity contribution in [2.75, 3.05) is 7.05 Å². The third kappa shape index (κ3) is 3.65. The average molecular weight is 372 g/mol. The Bertz CT molecular complexity index is 702. The fourth-order valence-corrected chi connectivity index (χ4v) is 4.70. The first-order chi connectivity index (χ1) is 12.1. The molecular weight excluding hydrogens is 349 g/mol. The molecule has 0 spiro atoms. The van der Waals surface area contributed by atoms with Crippen molar-refractivity contribution in [3.05, 3.63) is 75.8 Å². The molecule has 2 bridgehead atoms. The molecule has 2 fully saturated rings. The second kappa shape index (κ2) is 7.15. The van der Waals surface area contributed by atoms with Crippen LogP contribution in [0, 0.1) is 5.92 Å². The van der Waals surface area contributed by atoms with Gasteiger partial charge in [-0.15, -0.1) is 0 Å². The van der Waals surface area contributed by atoms with Gasteiger partial charge in [0, 0.05) is 22.1 Å². The van der Waals surface area contributed by atoms with E-state index in [2.05, 4.69) is 42.3 Å². The quantitative estimate of drug-likeness (QED) is 0.611. The van der Waals surface area contributed by atoms with Gasteiger partial charge in [0.2, 0.25) is 0 Å². The predicted molar refractivity (Wildman–Crippen MR) is 107 cm³/mol. The maximum atomic E-state index is 6.10. The van der Waals surface area contributed by atoms with Gasteiger partial charge in [0.25, 0.3) is 0 Å². The van der Waals surface area contributed by atoms with Crippen molar-refractivity contribution in [3.8, 4) is 0 Å². The number of hydrogen-bond donors (Lipinski definition) is 0. The highest BCUT2D eigenvalue weighted by atomic mass is 35.5. The molecule has 0 radical (unpaired) electrons. The summed E-state index contributed by atoms with van der Waals surface area (Å²) in [6.07, 6.45) is 7.71. The topological polar surface area (TPSA) is 3.24 Å². The van der Waals surface area contributed by atoms with E-state index in [-0.39, 0.29) is 0 Å². The standard InChI is InChI=1S/C22H23Cl2N/c1-25-20-10-11-21(25)13-15(12-20)14-22(16-2-6-18(23)7-3-16)17-4-8-19(24)9-5-17/h2-9,14-15,20-21H,10-13H2,1H3/t15?,20-,21+. The summed E-state index contributed by atoms with van der Waals surface area (Å²) in [5.41, 5.74) is 3.73. The summed E-state index contributed by atoms with van der Waals surface area (Å²) < 4.78 is 0. The molecule has 0 N–H and O–H groups in total. The molecule has 0 aliphatic carbocycles. The zero-order chi connectivity index (χ0) is 17.4. The van der Waals surface area contributed by atoms with Gasteiger partial charge < -0.3 is 4.90 Å². The van der Waals surface area contributed by atoms with Crippen LogP contribution in [0.4, 0.5) is 0 Å². The van der Waals surface area contributed by atoms with E-state index in [0.29, 0.717) is 5.92 Å². The highest BCUT2D eigenvalue weighted by Crippen LogP contribution is 2.39. The van der Waals surface area contributed by atoms with Crippen molar-refractivity contribution in [3.63, 3.8) is 0 Å². The van der Waals surface area contributed by atoms with Gasteiger partial charge in [0.05, 0.1) is 0 Å². The van der Waals surface area contributed by atoms with Crippen LogP contribution in [0.15, 0.2) is 54.6 Å². The van der Waals surface area contributed by atoms with Gasteiger partial charge in [-0.05, 0) is 79.6 Å². The van der Waals surface area contributed by atoms with Crippen molar-refractivity contribution in [1.29, 1.82) is 0 Å². The molecule has 130 valence electrons. The molecule has 2 heterocycles. The summed E-state index contributed by atoms with van der Waals surface area (Å²) in [7, 11) is 2.29. The van der Waals surface area contributed by atoms with Gasteiger partial charge in [-0.3, -0.25) is 0 Å². The third-order valence-corrected chi connectivity index (χ3v) is 6.35. The number of nitrogens with zero attached hydrogens (tertiary/aromatic N) is 1. The smallest absolute Gasteiger partial charge is 0.0406 e. The van der Waals surface area contributed by atoms with Crippen LogP contribution in [0.2, 0.25) is 10.0 Å². The summed E-state index contributed by atoms with van der Waals surface area (Å²) in [6, 6.07) is 17.8. The molecule has 3 atom stereocenters. The second-order valence-corrected chi connectivity index (χ2v) is 8.25. The number of piperidine rings is 1. The van der Waals surface area contributed by atoms with Gasteiger partial charge in [-0.25, -0.2) is 0 Å². The van der Waals surface area contributed by atoms with E-state index < -0.39 is 0 Å². The maximum absolute atomic E-state index is 6.10. The number of hydrogen-bond acceptors (Lipinski definition) is 1. The van der Waals surface area contributed by atoms with E-state index in [1.165, 1.54) is 42.4 Å². The number of rotatable bonds is 3. The molecule has 4 rings (SSSR count). The predicted octanol–water partition coefficient (Wildman–Crippen LogP) is 6.30. The van der Waals surface area contributed by atoms with E-state index in [9.17, 15) is 0 Å². The van der Waals surface area contributed by atoms with E-state index in [4.69, 9.17) is 23.2 Å². The number of halogens is 2. The van der Waals surface area contributed by atoms with Crippen molar-refractivity contribution in [1.82, 2.24) is 4.90 Å². The minimum absolute atomic E-state index is 0.634. The second-order valence-electron chi connectivity index (χ2n) is 7.38. The Labute approximate surface area is 160 Å². The lowest BCUT2D eigenvalue weighted by Gasteiger charge is -2.35. The summed E-state index contributed by atoms with van der Waals surface area (Å²) in [5.74, 6) is 0.634. The molecule has 2 aromatic rings. The van der Waals surface area contributed by atoms with Crippen LogP contribution in [0.3, 0.4) is 0 Å². The molecule has 0 amide bonds. The van der Waals surface area contributed by atoms with E-state index >= 15 is 0 Å². The van der Waals surface area contributed by atoms with E-state index in [0.717, 1.165) is 22.1 Å². The molecule has 3 heteroatoms. The molecule has 2 aliphatic rings. The number of benzene rings is 2. The molecule has 1 nitrogen and oxygen atoms in total. The lowest BCUT2D eigenvalue weighted by atomic mass is 9.86. The first kappa shape index (κ1) is 17.1. The fourth-order valence-electron chi connectivity index (χ4n) is 4.44. The summed E-state index contributed by atoms with van der Waals surface area (Å²) >= 11 is 12.2. The first-order valence-corrected chi connectivity index (χ1v) is 9.81. The summed E-state index contributed by atoms with van der Waals surface area (Å²) in [6.45, 7) is 0. The van der Waals surface area contributed by atoms with Gasteiger partial charge in [0.15, 0.2) is 0 Å². The minimum Gasteiger partial charge on any atom is -0.300 e. The van der Waals surface area contributed by atoms with Crippen LogP contribution in [0.25, 0.3) is 5.57 Å². The van der Waals surface area contributed by atoms with Crippen molar-refractivity contribution < 1.29 is 0 Å². The summed E-state index contributed by atoms with van der Waals surface area (Å²) in [4.78, 5) is 2.59. The van der Waals surface area contributed by atoms with E-state index in [1.807, 2.05) is 24.3 Å². The normalized spacial score (nSPS) is 25.8. The monoisotopic (exact) mass is 371 g/mol. The van der Waals surface area contributed by atoms with Crippen LogP contribution < -0.4 is 0 Å². The van der Waals surface area contributed by atoms with Crippen molar-refractivity contribution in [2.45, 2.75) is 37.8 Å². The molecule has 1 unspecified atom stereocenters. The van der Waals surface area contributed by atoms with Crippen LogP contribution >= 0.6 is 23.2 Å². The van der Waals surface area contributed by atoms with E-state index in [1.54, 1.807) is 0 Å². The highest BCUT2D eigenvalue weighted by Gasteiger charge is 2.37. The van der Waals surface area contributed by atoms with Crippen molar-refractivity contribution in [2.24, 2.45) is 5.92 Å². The molecule has 2 saturated heterocycles. The molecule has 0 saturated carbocycles. The third-order valence-electron chi connectivity index (χ3n) is 5.85. The molecule has 2 aromatic carbocycles. The van der Waals surface area contributed by atoms with Gasteiger partial charge in [-0.2, -0.15) is 0 Å². The zero-order valence-electron chi connectivity index (χ0n) is 14.5. The maximum Gasteiger partial charge on any atom is 0.0406 e. The fraction of sp³-hybridized carbons (Fsp3) is 0.364. The molecule has 0 aromatic heterocycles. The minimum atomic E-state index is 0.634. The van der Waals surface area contributed by atoms with Gasteiger partial charge >= 0.3 is 0 Å². The zero-order valence-corrected chi connectivity index (χ0v) is 16.0. The molecular formula is C22H23Cl2N. The Hall–Kier alpha value is -1.28. The van der Waals surface area contributed by atoms with Crippen LogP contribution in [-0.4, -0.2) is 24.0 Å². The number of allylic oxidation sites excluding steroid dienone is 1. The lowest BCUT2D eigenvalue weighted by Crippen LogP contribution is -2.39.